The summed E-state index contributed by atoms with van der Waals surface area (Å²) in [5.41, 5.74) is 7.14. The molecule has 0 saturated heterocycles. The molecule has 2 aromatic heterocycles. The first-order chi connectivity index (χ1) is 15.0. The van der Waals surface area contributed by atoms with Crippen LogP contribution in [0.5, 0.6) is 0 Å². The van der Waals surface area contributed by atoms with Gasteiger partial charge in [0.1, 0.15) is 11.5 Å². The molecule has 9 heteroatoms. The van der Waals surface area contributed by atoms with E-state index in [1.807, 2.05) is 30.3 Å². The van der Waals surface area contributed by atoms with Gasteiger partial charge in [-0.3, -0.25) is 9.59 Å². The maximum absolute atomic E-state index is 13.5. The molecule has 0 saturated carbocycles. The molecule has 0 spiro atoms. The van der Waals surface area contributed by atoms with Gasteiger partial charge in [0, 0.05) is 29.9 Å². The third kappa shape index (κ3) is 4.10. The number of likely N-dealkylation sites (N-methyl/N-ethyl adjacent to an activating group) is 1. The Balaban J connectivity index is 1.76. The van der Waals surface area contributed by atoms with Gasteiger partial charge in [-0.15, -0.1) is 5.10 Å². The number of nitrogens with two attached hydrogens (primary N) is 1. The number of rotatable bonds is 6. The highest BCUT2D eigenvalue weighted by Crippen LogP contribution is 2.24. The van der Waals surface area contributed by atoms with Crippen molar-refractivity contribution in [1.29, 1.82) is 0 Å². The summed E-state index contributed by atoms with van der Waals surface area (Å²) in [6, 6.07) is 19.1. The first kappa shape index (κ1) is 19.8. The minimum Gasteiger partial charge on any atom is -0.465 e. The molecule has 9 nitrogen and oxygen atoms in total. The summed E-state index contributed by atoms with van der Waals surface area (Å²) in [6.45, 7) is 0. The Morgan fingerprint density at radius 2 is 1.77 bits per heavy atom. The summed E-state index contributed by atoms with van der Waals surface area (Å²) in [7, 11) is 1.62. The van der Waals surface area contributed by atoms with E-state index in [1.54, 1.807) is 49.5 Å². The molecular weight excluding hydrogens is 396 g/mol. The number of tetrazole rings is 1. The van der Waals surface area contributed by atoms with Crippen molar-refractivity contribution in [3.63, 3.8) is 0 Å². The SMILES string of the molecule is CN(C(=O)/C(=C/c1ccco1)n1nnnc1-c1ccccc1)c1ccc(C(N)=O)cc1. The first-order valence-corrected chi connectivity index (χ1v) is 9.32. The number of carbonyl (C=O) groups excluding carboxylic acids is 2. The van der Waals surface area contributed by atoms with Gasteiger partial charge in [-0.25, -0.2) is 0 Å². The van der Waals surface area contributed by atoms with Gasteiger partial charge in [0.15, 0.2) is 5.82 Å². The van der Waals surface area contributed by atoms with Crippen molar-refractivity contribution in [2.24, 2.45) is 5.73 Å². The van der Waals surface area contributed by atoms with E-state index in [0.717, 1.165) is 5.56 Å². The van der Waals surface area contributed by atoms with Gasteiger partial charge >= 0.3 is 0 Å². The van der Waals surface area contributed by atoms with Crippen molar-refractivity contribution in [3.05, 3.63) is 84.3 Å². The molecular formula is C22H18N6O3. The van der Waals surface area contributed by atoms with Gasteiger partial charge < -0.3 is 15.1 Å². The smallest absolute Gasteiger partial charge is 0.276 e. The average Bonchev–Trinajstić information content (AvgIpc) is 3.49. The van der Waals surface area contributed by atoms with Gasteiger partial charge in [-0.05, 0) is 46.8 Å². The van der Waals surface area contributed by atoms with Crippen LogP contribution in [0, 0.1) is 0 Å². The molecule has 0 aliphatic heterocycles. The van der Waals surface area contributed by atoms with Crippen molar-refractivity contribution < 1.29 is 14.0 Å². The molecule has 0 atom stereocenters. The summed E-state index contributed by atoms with van der Waals surface area (Å²) in [5.74, 6) is -0.0487. The lowest BCUT2D eigenvalue weighted by molar-refractivity contribution is -0.113. The fraction of sp³-hybridized carbons (Fsp3) is 0.0455. The second-order valence-electron chi connectivity index (χ2n) is 6.60. The van der Waals surface area contributed by atoms with Crippen LogP contribution in [0.15, 0.2) is 77.4 Å². The van der Waals surface area contributed by atoms with Crippen LogP contribution in [-0.4, -0.2) is 39.1 Å². The Morgan fingerprint density at radius 1 is 1.03 bits per heavy atom. The van der Waals surface area contributed by atoms with Crippen LogP contribution in [0.2, 0.25) is 0 Å². The van der Waals surface area contributed by atoms with Crippen molar-refractivity contribution in [2.75, 3.05) is 11.9 Å². The Hall–Kier alpha value is -4.53. The molecule has 2 aromatic carbocycles. The minimum atomic E-state index is -0.542. The Kier molecular flexibility index (Phi) is 5.39. The highest BCUT2D eigenvalue weighted by atomic mass is 16.3. The molecule has 4 rings (SSSR count). The van der Waals surface area contributed by atoms with E-state index < -0.39 is 5.91 Å². The monoisotopic (exact) mass is 414 g/mol. The molecule has 154 valence electrons. The number of furan rings is 1. The lowest BCUT2D eigenvalue weighted by Crippen LogP contribution is -2.30. The molecule has 2 amide bonds. The van der Waals surface area contributed by atoms with Crippen LogP contribution in [0.25, 0.3) is 23.2 Å². The van der Waals surface area contributed by atoms with Crippen LogP contribution >= 0.6 is 0 Å². The lowest BCUT2D eigenvalue weighted by atomic mass is 10.1. The second-order valence-corrected chi connectivity index (χ2v) is 6.60. The van der Waals surface area contributed by atoms with Gasteiger partial charge in [0.25, 0.3) is 5.91 Å². The summed E-state index contributed by atoms with van der Waals surface area (Å²) in [4.78, 5) is 26.2. The lowest BCUT2D eigenvalue weighted by Gasteiger charge is -2.19. The van der Waals surface area contributed by atoms with Crippen LogP contribution in [-0.2, 0) is 4.79 Å². The minimum absolute atomic E-state index is 0.181. The van der Waals surface area contributed by atoms with Crippen LogP contribution in [0.1, 0.15) is 16.1 Å². The summed E-state index contributed by atoms with van der Waals surface area (Å²) < 4.78 is 6.77. The van der Waals surface area contributed by atoms with Crippen LogP contribution < -0.4 is 10.6 Å². The predicted molar refractivity (Wildman–Crippen MR) is 114 cm³/mol. The molecule has 2 heterocycles. The number of nitrogens with zero attached hydrogens (tertiary/aromatic N) is 5. The number of aromatic nitrogens is 4. The van der Waals surface area contributed by atoms with Gasteiger partial charge in [0.05, 0.1) is 6.26 Å². The summed E-state index contributed by atoms with van der Waals surface area (Å²) in [6.07, 6.45) is 3.08. The summed E-state index contributed by atoms with van der Waals surface area (Å²) in [5, 5.41) is 11.9. The van der Waals surface area contributed by atoms with Crippen molar-refractivity contribution in [3.8, 4) is 11.4 Å². The third-order valence-corrected chi connectivity index (χ3v) is 4.61. The zero-order valence-corrected chi connectivity index (χ0v) is 16.5. The highest BCUT2D eigenvalue weighted by molar-refractivity contribution is 6.25. The van der Waals surface area contributed by atoms with E-state index in [4.69, 9.17) is 10.2 Å². The summed E-state index contributed by atoms with van der Waals surface area (Å²) >= 11 is 0. The molecule has 0 fully saturated rings. The molecule has 31 heavy (non-hydrogen) atoms. The molecule has 0 aliphatic carbocycles. The molecule has 0 radical (unpaired) electrons. The maximum atomic E-state index is 13.5. The molecule has 2 N–H and O–H groups in total. The Morgan fingerprint density at radius 3 is 2.42 bits per heavy atom. The van der Waals surface area contributed by atoms with E-state index in [0.29, 0.717) is 22.8 Å². The molecule has 0 unspecified atom stereocenters. The van der Waals surface area contributed by atoms with E-state index in [-0.39, 0.29) is 11.6 Å². The Labute approximate surface area is 177 Å². The van der Waals surface area contributed by atoms with E-state index in [1.165, 1.54) is 15.8 Å². The normalized spacial score (nSPS) is 11.3. The van der Waals surface area contributed by atoms with Gasteiger partial charge in [-0.2, -0.15) is 4.68 Å². The van der Waals surface area contributed by atoms with Crippen molar-refractivity contribution in [2.45, 2.75) is 0 Å². The van der Waals surface area contributed by atoms with E-state index in [9.17, 15) is 9.59 Å². The second kappa shape index (κ2) is 8.46. The standard InChI is InChI=1S/C22H18N6O3/c1-27(17-11-9-15(10-12-17)20(23)29)22(30)19(14-18-8-5-13-31-18)28-21(24-25-26-28)16-6-3-2-4-7-16/h2-14H,1H3,(H2,23,29)/b19-14-. The number of primary amides is 1. The largest absolute Gasteiger partial charge is 0.465 e. The number of benzene rings is 2. The molecule has 0 bridgehead atoms. The number of carbonyl (C=O) groups is 2. The van der Waals surface area contributed by atoms with Crippen molar-refractivity contribution >= 4 is 29.3 Å². The third-order valence-electron chi connectivity index (χ3n) is 4.61. The topological polar surface area (TPSA) is 120 Å². The molecule has 0 aliphatic rings. The van der Waals surface area contributed by atoms with E-state index >= 15 is 0 Å². The zero-order chi connectivity index (χ0) is 21.8. The fourth-order valence-electron chi connectivity index (χ4n) is 2.98. The predicted octanol–water partition coefficient (Wildman–Crippen LogP) is 2.69. The van der Waals surface area contributed by atoms with Crippen LogP contribution in [0.3, 0.4) is 0 Å². The number of hydrogen-bond donors (Lipinski definition) is 1. The van der Waals surface area contributed by atoms with Gasteiger partial charge in [0.2, 0.25) is 5.91 Å². The zero-order valence-electron chi connectivity index (χ0n) is 16.5. The Bertz CT molecular complexity index is 1230. The maximum Gasteiger partial charge on any atom is 0.276 e. The first-order valence-electron chi connectivity index (χ1n) is 9.32. The van der Waals surface area contributed by atoms with Crippen LogP contribution in [0.4, 0.5) is 5.69 Å². The highest BCUT2D eigenvalue weighted by Gasteiger charge is 2.23. The van der Waals surface area contributed by atoms with E-state index in [2.05, 4.69) is 15.5 Å². The number of amides is 2. The average molecular weight is 414 g/mol. The van der Waals surface area contributed by atoms with Gasteiger partial charge in [-0.1, -0.05) is 30.3 Å². The van der Waals surface area contributed by atoms with Crippen molar-refractivity contribution in [1.82, 2.24) is 20.2 Å². The fourth-order valence-corrected chi connectivity index (χ4v) is 2.98. The quantitative estimate of drug-likeness (QED) is 0.484. The molecule has 4 aromatic rings. The number of anilines is 1. The number of hydrogen-bond acceptors (Lipinski definition) is 6.